The van der Waals surface area contributed by atoms with E-state index in [2.05, 4.69) is 20.9 Å². The van der Waals surface area contributed by atoms with Crippen LogP contribution in [0.2, 0.25) is 0 Å². The summed E-state index contributed by atoms with van der Waals surface area (Å²) in [5.41, 5.74) is 1.42. The van der Waals surface area contributed by atoms with Gasteiger partial charge in [0.15, 0.2) is 0 Å². The number of hydrogen-bond donors (Lipinski definition) is 0. The summed E-state index contributed by atoms with van der Waals surface area (Å²) < 4.78 is 1.72. The fourth-order valence-corrected chi connectivity index (χ4v) is 4.21. The smallest absolute Gasteiger partial charge is 0.262 e. The van der Waals surface area contributed by atoms with Gasteiger partial charge in [0.2, 0.25) is 0 Å². The van der Waals surface area contributed by atoms with Crippen LogP contribution in [0.1, 0.15) is 29.7 Å². The van der Waals surface area contributed by atoms with Gasteiger partial charge >= 0.3 is 0 Å². The molecule has 3 nitrogen and oxygen atoms in total. The fourth-order valence-electron chi connectivity index (χ4n) is 2.61. The van der Waals surface area contributed by atoms with Gasteiger partial charge in [-0.05, 0) is 31.2 Å². The first-order valence-electron chi connectivity index (χ1n) is 6.37. The molecule has 0 amide bonds. The van der Waals surface area contributed by atoms with Crippen molar-refractivity contribution < 1.29 is 0 Å². The maximum atomic E-state index is 12.5. The summed E-state index contributed by atoms with van der Waals surface area (Å²) in [5.74, 6) is 0. The average molecular weight is 327 g/mol. The number of thiophene rings is 1. The van der Waals surface area contributed by atoms with Crippen molar-refractivity contribution in [3.05, 3.63) is 27.1 Å². The molecule has 18 heavy (non-hydrogen) atoms. The van der Waals surface area contributed by atoms with Crippen molar-refractivity contribution >= 4 is 37.5 Å². The molecule has 0 unspecified atom stereocenters. The lowest BCUT2D eigenvalue weighted by atomic mass is 10.1. The SMILES string of the molecule is O=c1c2c3c(sc2ncn1CCBr)CCCCC3. The van der Waals surface area contributed by atoms with Crippen molar-refractivity contribution in [3.63, 3.8) is 0 Å². The standard InChI is InChI=1S/C13H15BrN2OS/c14-6-7-16-8-15-12-11(13(16)17)9-4-2-1-3-5-10(9)18-12/h8H,1-7H2. The topological polar surface area (TPSA) is 34.9 Å². The molecule has 1 aliphatic carbocycles. The fraction of sp³-hybridized carbons (Fsp3) is 0.538. The van der Waals surface area contributed by atoms with Gasteiger partial charge in [-0.25, -0.2) is 4.98 Å². The maximum Gasteiger partial charge on any atom is 0.262 e. The molecule has 0 spiro atoms. The molecule has 0 saturated heterocycles. The molecule has 0 atom stereocenters. The van der Waals surface area contributed by atoms with Crippen LogP contribution in [0.5, 0.6) is 0 Å². The summed E-state index contributed by atoms with van der Waals surface area (Å²) in [6.07, 6.45) is 7.57. The number of fused-ring (bicyclic) bond motifs is 3. The van der Waals surface area contributed by atoms with E-state index in [-0.39, 0.29) is 5.56 Å². The zero-order chi connectivity index (χ0) is 12.5. The number of rotatable bonds is 2. The normalized spacial score (nSPS) is 15.6. The molecule has 5 heteroatoms. The van der Waals surface area contributed by atoms with Crippen LogP contribution in [-0.2, 0) is 19.4 Å². The van der Waals surface area contributed by atoms with Crippen molar-refractivity contribution in [1.29, 1.82) is 0 Å². The predicted molar refractivity (Wildman–Crippen MR) is 78.9 cm³/mol. The number of aromatic nitrogens is 2. The first-order chi connectivity index (χ1) is 8.81. The Morgan fingerprint density at radius 2 is 2.17 bits per heavy atom. The zero-order valence-corrected chi connectivity index (χ0v) is 12.5. The highest BCUT2D eigenvalue weighted by Crippen LogP contribution is 2.32. The van der Waals surface area contributed by atoms with E-state index in [4.69, 9.17) is 0 Å². The number of nitrogens with zero attached hydrogens (tertiary/aromatic N) is 2. The molecule has 0 aliphatic heterocycles. The van der Waals surface area contributed by atoms with Crippen LogP contribution in [0.3, 0.4) is 0 Å². The maximum absolute atomic E-state index is 12.5. The third kappa shape index (κ3) is 2.03. The van der Waals surface area contributed by atoms with Gasteiger partial charge in [0, 0.05) is 16.8 Å². The molecule has 2 aromatic heterocycles. The van der Waals surface area contributed by atoms with E-state index >= 15 is 0 Å². The Bertz CT molecular complexity index is 632. The first kappa shape index (κ1) is 12.4. The molecule has 2 aromatic rings. The van der Waals surface area contributed by atoms with Gasteiger partial charge in [0.1, 0.15) is 4.83 Å². The van der Waals surface area contributed by atoms with Crippen molar-refractivity contribution in [2.75, 3.05) is 5.33 Å². The summed E-state index contributed by atoms with van der Waals surface area (Å²) in [5, 5.41) is 1.67. The second-order valence-electron chi connectivity index (χ2n) is 4.68. The summed E-state index contributed by atoms with van der Waals surface area (Å²) in [4.78, 5) is 19.3. The van der Waals surface area contributed by atoms with Crippen LogP contribution in [0, 0.1) is 0 Å². The van der Waals surface area contributed by atoms with Gasteiger partial charge < -0.3 is 0 Å². The van der Waals surface area contributed by atoms with E-state index in [1.54, 1.807) is 22.2 Å². The third-order valence-corrected chi connectivity index (χ3v) is 5.07. The largest absolute Gasteiger partial charge is 0.298 e. The minimum atomic E-state index is 0.138. The Morgan fingerprint density at radius 3 is 3.00 bits per heavy atom. The lowest BCUT2D eigenvalue weighted by Crippen LogP contribution is -2.21. The Labute approximate surface area is 118 Å². The van der Waals surface area contributed by atoms with E-state index in [1.165, 1.54) is 29.7 Å². The van der Waals surface area contributed by atoms with Crippen LogP contribution < -0.4 is 5.56 Å². The average Bonchev–Trinajstić information content (AvgIpc) is 2.56. The minimum absolute atomic E-state index is 0.138. The molecule has 0 saturated carbocycles. The lowest BCUT2D eigenvalue weighted by Gasteiger charge is -2.03. The van der Waals surface area contributed by atoms with E-state index in [1.807, 2.05) is 0 Å². The van der Waals surface area contributed by atoms with Gasteiger partial charge in [-0.1, -0.05) is 22.4 Å². The van der Waals surface area contributed by atoms with Crippen LogP contribution in [-0.4, -0.2) is 14.9 Å². The minimum Gasteiger partial charge on any atom is -0.298 e. The van der Waals surface area contributed by atoms with Crippen molar-refractivity contribution in [3.8, 4) is 0 Å². The van der Waals surface area contributed by atoms with Gasteiger partial charge in [0.05, 0.1) is 11.7 Å². The van der Waals surface area contributed by atoms with E-state index < -0.39 is 0 Å². The zero-order valence-electron chi connectivity index (χ0n) is 10.1. The van der Waals surface area contributed by atoms with Gasteiger partial charge in [-0.15, -0.1) is 11.3 Å². The number of halogens is 1. The van der Waals surface area contributed by atoms with Crippen LogP contribution in [0.25, 0.3) is 10.2 Å². The Kier molecular flexibility index (Phi) is 3.52. The highest BCUT2D eigenvalue weighted by molar-refractivity contribution is 9.09. The number of alkyl halides is 1. The molecule has 0 bridgehead atoms. The van der Waals surface area contributed by atoms with Crippen LogP contribution >= 0.6 is 27.3 Å². The monoisotopic (exact) mass is 326 g/mol. The summed E-state index contributed by atoms with van der Waals surface area (Å²) in [6, 6.07) is 0. The second-order valence-corrected chi connectivity index (χ2v) is 6.55. The van der Waals surface area contributed by atoms with Gasteiger partial charge in [-0.3, -0.25) is 9.36 Å². The highest BCUT2D eigenvalue weighted by Gasteiger charge is 2.18. The summed E-state index contributed by atoms with van der Waals surface area (Å²) >= 11 is 5.10. The molecule has 0 radical (unpaired) electrons. The Hall–Kier alpha value is -0.680. The van der Waals surface area contributed by atoms with Crippen molar-refractivity contribution in [2.45, 2.75) is 38.6 Å². The predicted octanol–water partition coefficient (Wildman–Crippen LogP) is 3.12. The van der Waals surface area contributed by atoms with Gasteiger partial charge in [0.25, 0.3) is 5.56 Å². The molecular weight excluding hydrogens is 312 g/mol. The summed E-state index contributed by atoms with van der Waals surface area (Å²) in [6.45, 7) is 0.687. The van der Waals surface area contributed by atoms with Crippen molar-refractivity contribution in [1.82, 2.24) is 9.55 Å². The number of hydrogen-bond acceptors (Lipinski definition) is 3. The van der Waals surface area contributed by atoms with E-state index in [0.29, 0.717) is 6.54 Å². The molecule has 3 rings (SSSR count). The molecule has 96 valence electrons. The molecule has 0 fully saturated rings. The first-order valence-corrected chi connectivity index (χ1v) is 8.30. The lowest BCUT2D eigenvalue weighted by molar-refractivity contribution is 0.711. The third-order valence-electron chi connectivity index (χ3n) is 3.52. The number of aryl methyl sites for hydroxylation is 3. The second kappa shape index (κ2) is 5.13. The van der Waals surface area contributed by atoms with Gasteiger partial charge in [-0.2, -0.15) is 0 Å². The molecule has 0 aromatic carbocycles. The van der Waals surface area contributed by atoms with Crippen LogP contribution in [0.15, 0.2) is 11.1 Å². The molecular formula is C13H15BrN2OS. The van der Waals surface area contributed by atoms with Crippen molar-refractivity contribution in [2.24, 2.45) is 0 Å². The molecule has 0 N–H and O–H groups in total. The molecule has 1 aliphatic rings. The Morgan fingerprint density at radius 1 is 1.33 bits per heavy atom. The van der Waals surface area contributed by atoms with E-state index in [0.717, 1.165) is 28.4 Å². The highest BCUT2D eigenvalue weighted by atomic mass is 79.9. The van der Waals surface area contributed by atoms with Crippen LogP contribution in [0.4, 0.5) is 0 Å². The summed E-state index contributed by atoms with van der Waals surface area (Å²) in [7, 11) is 0. The Balaban J connectivity index is 2.23. The molecule has 2 heterocycles. The quantitative estimate of drug-likeness (QED) is 0.627. The van der Waals surface area contributed by atoms with E-state index in [9.17, 15) is 4.79 Å².